The summed E-state index contributed by atoms with van der Waals surface area (Å²) < 4.78 is 13.9. The van der Waals surface area contributed by atoms with Crippen molar-refractivity contribution in [3.63, 3.8) is 0 Å². The highest BCUT2D eigenvalue weighted by Crippen LogP contribution is 2.19. The number of hydrogen-bond donors (Lipinski definition) is 2. The lowest BCUT2D eigenvalue weighted by atomic mass is 9.95. The Kier molecular flexibility index (Phi) is 6.13. The van der Waals surface area contributed by atoms with Crippen LogP contribution in [0, 0.1) is 23.1 Å². The van der Waals surface area contributed by atoms with E-state index in [9.17, 15) is 9.18 Å². The summed E-state index contributed by atoms with van der Waals surface area (Å²) in [6.45, 7) is 1.82. The van der Waals surface area contributed by atoms with E-state index < -0.39 is 5.82 Å². The van der Waals surface area contributed by atoms with Crippen molar-refractivity contribution in [2.75, 3.05) is 20.1 Å². The number of piperidine rings is 1. The standard InChI is InChI=1S/C17H22FN5O/c1-21-17(23-6-2-3-13(11-23)8-16(20)24)22-10-14-5-4-12(9-19)7-15(14)18/h4-5,7,13H,2-3,6,8,10-11H2,1H3,(H2,20,24)(H,21,22). The number of carbonyl (C=O) groups excluding carboxylic acids is 1. The zero-order valence-corrected chi connectivity index (χ0v) is 13.8. The molecule has 0 saturated carbocycles. The number of likely N-dealkylation sites (tertiary alicyclic amines) is 1. The fraction of sp³-hybridized carbons (Fsp3) is 0.471. The van der Waals surface area contributed by atoms with Gasteiger partial charge in [-0.2, -0.15) is 5.26 Å². The third kappa shape index (κ3) is 4.69. The normalized spacial score (nSPS) is 18.1. The summed E-state index contributed by atoms with van der Waals surface area (Å²) in [6, 6.07) is 6.33. The molecule has 0 bridgehead atoms. The molecule has 3 N–H and O–H groups in total. The number of carbonyl (C=O) groups is 1. The first kappa shape index (κ1) is 17.7. The van der Waals surface area contributed by atoms with Crippen LogP contribution in [0.1, 0.15) is 30.4 Å². The number of benzene rings is 1. The van der Waals surface area contributed by atoms with Crippen molar-refractivity contribution in [1.29, 1.82) is 5.26 Å². The molecule has 128 valence electrons. The lowest BCUT2D eigenvalue weighted by Gasteiger charge is -2.34. The van der Waals surface area contributed by atoms with Crippen LogP contribution in [0.5, 0.6) is 0 Å². The highest BCUT2D eigenvalue weighted by atomic mass is 19.1. The Bertz CT molecular complexity index is 667. The maximum absolute atomic E-state index is 13.9. The molecule has 0 radical (unpaired) electrons. The fourth-order valence-electron chi connectivity index (χ4n) is 2.98. The Hall–Kier alpha value is -2.62. The molecule has 1 aliphatic heterocycles. The van der Waals surface area contributed by atoms with Gasteiger partial charge in [0.25, 0.3) is 0 Å². The van der Waals surface area contributed by atoms with Crippen LogP contribution in [0.2, 0.25) is 0 Å². The quantitative estimate of drug-likeness (QED) is 0.643. The molecule has 0 spiro atoms. The molecule has 1 saturated heterocycles. The highest BCUT2D eigenvalue weighted by molar-refractivity contribution is 5.80. The Morgan fingerprint density at radius 3 is 3.00 bits per heavy atom. The number of amides is 1. The number of aliphatic imine (C=N–C) groups is 1. The minimum absolute atomic E-state index is 0.224. The smallest absolute Gasteiger partial charge is 0.217 e. The Morgan fingerprint density at radius 1 is 1.58 bits per heavy atom. The number of halogens is 1. The Labute approximate surface area is 141 Å². The zero-order chi connectivity index (χ0) is 17.5. The molecule has 1 aromatic carbocycles. The summed E-state index contributed by atoms with van der Waals surface area (Å²) in [5.74, 6) is 0.195. The molecule has 2 rings (SSSR count). The van der Waals surface area contributed by atoms with Crippen LogP contribution >= 0.6 is 0 Å². The van der Waals surface area contributed by atoms with E-state index in [4.69, 9.17) is 11.0 Å². The van der Waals surface area contributed by atoms with Gasteiger partial charge in [0.15, 0.2) is 5.96 Å². The molecular formula is C17H22FN5O. The number of nitrogens with one attached hydrogen (secondary N) is 1. The van der Waals surface area contributed by atoms with Gasteiger partial charge in [-0.3, -0.25) is 9.79 Å². The molecule has 7 heteroatoms. The molecule has 1 aliphatic rings. The number of nitrogens with two attached hydrogens (primary N) is 1. The first-order chi connectivity index (χ1) is 11.5. The summed E-state index contributed by atoms with van der Waals surface area (Å²) >= 11 is 0. The molecular weight excluding hydrogens is 309 g/mol. The topological polar surface area (TPSA) is 94.5 Å². The third-order valence-electron chi connectivity index (χ3n) is 4.14. The van der Waals surface area contributed by atoms with Gasteiger partial charge in [-0.15, -0.1) is 0 Å². The SMILES string of the molecule is CN=C(NCc1ccc(C#N)cc1F)N1CCCC(CC(N)=O)C1. The average molecular weight is 331 g/mol. The first-order valence-corrected chi connectivity index (χ1v) is 7.96. The van der Waals surface area contributed by atoms with Gasteiger partial charge in [0.05, 0.1) is 11.6 Å². The summed E-state index contributed by atoms with van der Waals surface area (Å²) in [6.07, 6.45) is 2.31. The van der Waals surface area contributed by atoms with Gasteiger partial charge in [-0.1, -0.05) is 6.07 Å². The highest BCUT2D eigenvalue weighted by Gasteiger charge is 2.23. The van der Waals surface area contributed by atoms with Gasteiger partial charge >= 0.3 is 0 Å². The summed E-state index contributed by atoms with van der Waals surface area (Å²) in [4.78, 5) is 17.4. The Balaban J connectivity index is 1.97. The molecule has 1 heterocycles. The number of hydrogen-bond acceptors (Lipinski definition) is 3. The number of primary amides is 1. The molecule has 1 amide bonds. The molecule has 1 fully saturated rings. The van der Waals surface area contributed by atoms with Gasteiger partial charge in [-0.05, 0) is 30.9 Å². The van der Waals surface area contributed by atoms with E-state index in [0.717, 1.165) is 19.4 Å². The van der Waals surface area contributed by atoms with Gasteiger partial charge in [0, 0.05) is 38.7 Å². The van der Waals surface area contributed by atoms with E-state index in [1.54, 1.807) is 19.2 Å². The van der Waals surface area contributed by atoms with Crippen molar-refractivity contribution in [3.05, 3.63) is 35.1 Å². The van der Waals surface area contributed by atoms with Crippen LogP contribution in [-0.2, 0) is 11.3 Å². The lowest BCUT2D eigenvalue weighted by molar-refractivity contribution is -0.119. The van der Waals surface area contributed by atoms with E-state index in [1.807, 2.05) is 6.07 Å². The fourth-order valence-corrected chi connectivity index (χ4v) is 2.98. The van der Waals surface area contributed by atoms with Gasteiger partial charge in [-0.25, -0.2) is 4.39 Å². The van der Waals surface area contributed by atoms with Crippen LogP contribution in [0.25, 0.3) is 0 Å². The van der Waals surface area contributed by atoms with Crippen molar-refractivity contribution in [1.82, 2.24) is 10.2 Å². The predicted molar refractivity (Wildman–Crippen MR) is 89.4 cm³/mol. The van der Waals surface area contributed by atoms with Crippen LogP contribution < -0.4 is 11.1 Å². The molecule has 1 atom stereocenters. The van der Waals surface area contributed by atoms with Crippen molar-refractivity contribution in [2.24, 2.45) is 16.6 Å². The zero-order valence-electron chi connectivity index (χ0n) is 13.8. The summed E-state index contributed by atoms with van der Waals surface area (Å²) in [7, 11) is 1.68. The summed E-state index contributed by atoms with van der Waals surface area (Å²) in [5.41, 5.74) is 6.05. The second-order valence-corrected chi connectivity index (χ2v) is 5.94. The van der Waals surface area contributed by atoms with E-state index in [0.29, 0.717) is 30.1 Å². The van der Waals surface area contributed by atoms with Crippen LogP contribution in [0.3, 0.4) is 0 Å². The van der Waals surface area contributed by atoms with Crippen LogP contribution in [-0.4, -0.2) is 36.9 Å². The largest absolute Gasteiger partial charge is 0.370 e. The van der Waals surface area contributed by atoms with Gasteiger partial charge < -0.3 is 16.0 Å². The maximum Gasteiger partial charge on any atom is 0.217 e. The predicted octanol–water partition coefficient (Wildman–Crippen LogP) is 1.36. The van der Waals surface area contributed by atoms with Crippen LogP contribution in [0.15, 0.2) is 23.2 Å². The minimum Gasteiger partial charge on any atom is -0.370 e. The van der Waals surface area contributed by atoms with E-state index in [1.165, 1.54) is 6.07 Å². The number of nitriles is 1. The Morgan fingerprint density at radius 2 is 2.38 bits per heavy atom. The molecule has 24 heavy (non-hydrogen) atoms. The van der Waals surface area contributed by atoms with Crippen molar-refractivity contribution >= 4 is 11.9 Å². The molecule has 6 nitrogen and oxygen atoms in total. The van der Waals surface area contributed by atoms with E-state index in [2.05, 4.69) is 15.2 Å². The second kappa shape index (κ2) is 8.29. The molecule has 0 aliphatic carbocycles. The first-order valence-electron chi connectivity index (χ1n) is 7.96. The van der Waals surface area contributed by atoms with E-state index >= 15 is 0 Å². The maximum atomic E-state index is 13.9. The number of nitrogens with zero attached hydrogens (tertiary/aromatic N) is 3. The van der Waals surface area contributed by atoms with Gasteiger partial charge in [0.2, 0.25) is 5.91 Å². The number of guanidine groups is 1. The van der Waals surface area contributed by atoms with Crippen molar-refractivity contribution < 1.29 is 9.18 Å². The van der Waals surface area contributed by atoms with Crippen molar-refractivity contribution in [3.8, 4) is 6.07 Å². The van der Waals surface area contributed by atoms with E-state index in [-0.39, 0.29) is 18.4 Å². The van der Waals surface area contributed by atoms with Gasteiger partial charge in [0.1, 0.15) is 5.82 Å². The molecule has 0 aromatic heterocycles. The molecule has 1 aromatic rings. The minimum atomic E-state index is -0.415. The average Bonchev–Trinajstić information content (AvgIpc) is 2.56. The number of rotatable bonds is 4. The lowest BCUT2D eigenvalue weighted by Crippen LogP contribution is -2.47. The molecule has 1 unspecified atom stereocenters. The second-order valence-electron chi connectivity index (χ2n) is 5.94. The monoisotopic (exact) mass is 331 g/mol. The van der Waals surface area contributed by atoms with Crippen LogP contribution in [0.4, 0.5) is 4.39 Å². The van der Waals surface area contributed by atoms with Crippen molar-refractivity contribution in [2.45, 2.75) is 25.8 Å². The third-order valence-corrected chi connectivity index (χ3v) is 4.14. The summed E-state index contributed by atoms with van der Waals surface area (Å²) in [5, 5.41) is 11.9.